The van der Waals surface area contributed by atoms with Crippen LogP contribution in [-0.4, -0.2) is 54.1 Å². The molecule has 1 fully saturated rings. The highest BCUT2D eigenvalue weighted by Gasteiger charge is 2.23. The number of nitrogens with one attached hydrogen (secondary N) is 1. The minimum absolute atomic E-state index is 0.232. The summed E-state index contributed by atoms with van der Waals surface area (Å²) in [7, 11) is 1.91. The van der Waals surface area contributed by atoms with Gasteiger partial charge in [-0.05, 0) is 36.8 Å². The van der Waals surface area contributed by atoms with E-state index in [-0.39, 0.29) is 5.91 Å². The molecule has 172 valence electrons. The Bertz CT molecular complexity index is 1150. The normalized spacial score (nSPS) is 13.8. The van der Waals surface area contributed by atoms with Crippen LogP contribution in [0.25, 0.3) is 0 Å². The number of nitrogens with two attached hydrogens (primary N) is 1. The first-order valence-electron chi connectivity index (χ1n) is 11.2. The Hall–Kier alpha value is -3.81. The topological polar surface area (TPSA) is 96.5 Å². The van der Waals surface area contributed by atoms with Crippen LogP contribution in [0.3, 0.4) is 0 Å². The molecule has 2 heterocycles. The van der Waals surface area contributed by atoms with Gasteiger partial charge in [-0.15, -0.1) is 0 Å². The van der Waals surface area contributed by atoms with Gasteiger partial charge in [-0.3, -0.25) is 9.59 Å². The van der Waals surface area contributed by atoms with E-state index in [0.717, 1.165) is 37.6 Å². The molecule has 0 atom stereocenters. The van der Waals surface area contributed by atoms with Gasteiger partial charge in [0.15, 0.2) is 0 Å². The van der Waals surface area contributed by atoms with E-state index >= 15 is 0 Å². The molecule has 3 N–H and O–H groups in total. The van der Waals surface area contributed by atoms with Crippen molar-refractivity contribution in [2.45, 2.75) is 13.3 Å². The largest absolute Gasteiger partial charge is 0.368 e. The first kappa shape index (κ1) is 22.4. The first-order valence-corrected chi connectivity index (χ1v) is 11.2. The average molecular weight is 447 g/mol. The Morgan fingerprint density at radius 3 is 2.36 bits per heavy atom. The summed E-state index contributed by atoms with van der Waals surface area (Å²) < 4.78 is 1.87. The zero-order valence-corrected chi connectivity index (χ0v) is 19.1. The molecule has 1 saturated heterocycles. The number of anilines is 2. The Kier molecular flexibility index (Phi) is 6.63. The molecule has 0 aliphatic carbocycles. The minimum Gasteiger partial charge on any atom is -0.368 e. The molecule has 0 radical (unpaired) electrons. The lowest BCUT2D eigenvalue weighted by atomic mass is 10.0. The average Bonchev–Trinajstić information content (AvgIpc) is 3.24. The number of aromatic nitrogens is 2. The number of hydrogen-bond donors (Lipinski definition) is 2. The van der Waals surface area contributed by atoms with Gasteiger partial charge in [-0.2, -0.15) is 0 Å². The van der Waals surface area contributed by atoms with Crippen molar-refractivity contribution in [2.24, 2.45) is 12.8 Å². The molecule has 0 spiro atoms. The number of primary amides is 1. The van der Waals surface area contributed by atoms with Crippen molar-refractivity contribution in [1.29, 1.82) is 0 Å². The van der Waals surface area contributed by atoms with Crippen LogP contribution in [0.2, 0.25) is 0 Å². The minimum atomic E-state index is -0.533. The predicted molar refractivity (Wildman–Crippen MR) is 130 cm³/mol. The van der Waals surface area contributed by atoms with Gasteiger partial charge in [0.2, 0.25) is 0 Å². The Labute approximate surface area is 194 Å². The number of carbonyl (C=O) groups excluding carboxylic acids is 2. The second kappa shape index (κ2) is 9.77. The molecule has 4 rings (SSSR count). The van der Waals surface area contributed by atoms with E-state index in [4.69, 9.17) is 5.73 Å². The number of para-hydroxylation sites is 1. The maximum absolute atomic E-state index is 12.6. The van der Waals surface area contributed by atoms with Gasteiger partial charge in [0.05, 0.1) is 17.6 Å². The predicted octanol–water partition coefficient (Wildman–Crippen LogP) is 2.13. The van der Waals surface area contributed by atoms with Crippen LogP contribution in [0.4, 0.5) is 11.4 Å². The van der Waals surface area contributed by atoms with Crippen LogP contribution in [0, 0.1) is 6.92 Å². The molecule has 1 aromatic heterocycles. The Morgan fingerprint density at radius 2 is 1.73 bits per heavy atom. The lowest BCUT2D eigenvalue weighted by molar-refractivity contribution is 0.0954. The fourth-order valence-corrected chi connectivity index (χ4v) is 4.26. The Balaban J connectivity index is 1.41. The molecular formula is C25H30N6O2. The number of amides is 2. The number of piperazine rings is 1. The van der Waals surface area contributed by atoms with Crippen molar-refractivity contribution in [2.75, 3.05) is 42.5 Å². The summed E-state index contributed by atoms with van der Waals surface area (Å²) in [6.07, 6.45) is 4.29. The molecule has 0 bridgehead atoms. The smallest absolute Gasteiger partial charge is 0.251 e. The van der Waals surface area contributed by atoms with Gasteiger partial charge in [0, 0.05) is 69.3 Å². The van der Waals surface area contributed by atoms with Crippen LogP contribution in [0.1, 0.15) is 32.0 Å². The Morgan fingerprint density at radius 1 is 1.03 bits per heavy atom. The van der Waals surface area contributed by atoms with Crippen LogP contribution >= 0.6 is 0 Å². The fourth-order valence-electron chi connectivity index (χ4n) is 4.26. The highest BCUT2D eigenvalue weighted by Crippen LogP contribution is 2.26. The van der Waals surface area contributed by atoms with Gasteiger partial charge in [-0.25, -0.2) is 4.98 Å². The molecule has 8 heteroatoms. The highest BCUT2D eigenvalue weighted by molar-refractivity contribution is 6.03. The summed E-state index contributed by atoms with van der Waals surface area (Å²) in [5.41, 5.74) is 10.7. The van der Waals surface area contributed by atoms with Gasteiger partial charge < -0.3 is 25.4 Å². The third-order valence-electron chi connectivity index (χ3n) is 6.03. The van der Waals surface area contributed by atoms with Crippen molar-refractivity contribution < 1.29 is 9.59 Å². The van der Waals surface area contributed by atoms with E-state index in [9.17, 15) is 9.59 Å². The van der Waals surface area contributed by atoms with E-state index < -0.39 is 5.91 Å². The summed E-state index contributed by atoms with van der Waals surface area (Å²) in [6, 6.07) is 13.5. The van der Waals surface area contributed by atoms with E-state index in [1.807, 2.05) is 29.9 Å². The quantitative estimate of drug-likeness (QED) is 0.580. The molecular weight excluding hydrogens is 416 g/mol. The molecule has 1 aliphatic rings. The molecule has 2 aromatic carbocycles. The molecule has 8 nitrogen and oxygen atoms in total. The van der Waals surface area contributed by atoms with E-state index in [1.165, 1.54) is 11.3 Å². The van der Waals surface area contributed by atoms with Crippen molar-refractivity contribution in [1.82, 2.24) is 14.9 Å². The number of hydrogen-bond acceptors (Lipinski definition) is 5. The summed E-state index contributed by atoms with van der Waals surface area (Å²) in [5.74, 6) is -0.765. The number of nitrogens with zero attached hydrogens (tertiary/aromatic N) is 4. The summed E-state index contributed by atoms with van der Waals surface area (Å²) in [5, 5.41) is 2.89. The third kappa shape index (κ3) is 5.16. The van der Waals surface area contributed by atoms with Gasteiger partial charge in [-0.1, -0.05) is 18.2 Å². The number of aryl methyl sites for hydroxylation is 2. The molecule has 1 aliphatic heterocycles. The molecule has 3 aromatic rings. The SMILES string of the molecule is Cc1ccccc1N1CCN(c2ccc(C(=O)NCCc3cn(C)cn3)cc2C(N)=O)CC1. The maximum Gasteiger partial charge on any atom is 0.251 e. The van der Waals surface area contributed by atoms with Gasteiger partial charge >= 0.3 is 0 Å². The van der Waals surface area contributed by atoms with E-state index in [0.29, 0.717) is 24.1 Å². The van der Waals surface area contributed by atoms with Crippen LogP contribution in [-0.2, 0) is 13.5 Å². The lowest BCUT2D eigenvalue weighted by Crippen LogP contribution is -2.47. The summed E-state index contributed by atoms with van der Waals surface area (Å²) in [4.78, 5) is 33.6. The van der Waals surface area contributed by atoms with Gasteiger partial charge in [0.25, 0.3) is 11.8 Å². The highest BCUT2D eigenvalue weighted by atomic mass is 16.2. The van der Waals surface area contributed by atoms with Gasteiger partial charge in [0.1, 0.15) is 0 Å². The van der Waals surface area contributed by atoms with Crippen molar-refractivity contribution in [3.8, 4) is 0 Å². The monoisotopic (exact) mass is 446 g/mol. The number of carbonyl (C=O) groups is 2. The maximum atomic E-state index is 12.6. The lowest BCUT2D eigenvalue weighted by Gasteiger charge is -2.38. The van der Waals surface area contributed by atoms with Crippen molar-refractivity contribution in [3.63, 3.8) is 0 Å². The fraction of sp³-hybridized carbons (Fsp3) is 0.320. The first-order chi connectivity index (χ1) is 15.9. The number of imidazole rings is 1. The van der Waals surface area contributed by atoms with Crippen LogP contribution in [0.5, 0.6) is 0 Å². The second-order valence-electron chi connectivity index (χ2n) is 8.39. The van der Waals surface area contributed by atoms with Crippen LogP contribution in [0.15, 0.2) is 55.0 Å². The molecule has 2 amide bonds. The molecule has 0 saturated carbocycles. The zero-order valence-electron chi connectivity index (χ0n) is 19.1. The van der Waals surface area contributed by atoms with E-state index in [2.05, 4.69) is 45.2 Å². The molecule has 33 heavy (non-hydrogen) atoms. The van der Waals surface area contributed by atoms with Crippen molar-refractivity contribution >= 4 is 23.2 Å². The standard InChI is InChI=1S/C25H30N6O2/c1-18-5-3-4-6-22(18)30-11-13-31(14-12-30)23-8-7-19(15-21(23)24(26)32)25(33)27-10-9-20-16-29(2)17-28-20/h3-8,15-17H,9-14H2,1-2H3,(H2,26,32)(H,27,33). The second-order valence-corrected chi connectivity index (χ2v) is 8.39. The van der Waals surface area contributed by atoms with Crippen molar-refractivity contribution in [3.05, 3.63) is 77.4 Å². The summed E-state index contributed by atoms with van der Waals surface area (Å²) >= 11 is 0. The number of benzene rings is 2. The third-order valence-corrected chi connectivity index (χ3v) is 6.03. The van der Waals surface area contributed by atoms with Crippen LogP contribution < -0.4 is 20.9 Å². The van der Waals surface area contributed by atoms with E-state index in [1.54, 1.807) is 18.5 Å². The summed E-state index contributed by atoms with van der Waals surface area (Å²) in [6.45, 7) is 5.81. The number of rotatable bonds is 7. The molecule has 0 unspecified atom stereocenters. The zero-order chi connectivity index (χ0) is 23.4.